The molecule has 1 aromatic heterocycles. The normalized spacial score (nSPS) is 11.5. The van der Waals surface area contributed by atoms with E-state index in [0.29, 0.717) is 4.88 Å². The first kappa shape index (κ1) is 13.2. The first-order valence-electron chi connectivity index (χ1n) is 5.02. The molecular weight excluding hydrogens is 240 g/mol. The van der Waals surface area contributed by atoms with Crippen LogP contribution >= 0.6 is 11.3 Å². The third kappa shape index (κ3) is 3.29. The highest BCUT2D eigenvalue weighted by Gasteiger charge is 2.26. The predicted molar refractivity (Wildman–Crippen MR) is 62.7 cm³/mol. The second kappa shape index (κ2) is 6.01. The molecule has 1 unspecified atom stereocenters. The number of carboxylic acid groups (broad SMARTS) is 1. The number of carbonyl (C=O) groups excluding carboxylic acids is 1. The Hall–Kier alpha value is -1.87. The van der Waals surface area contributed by atoms with Crippen LogP contribution < -0.4 is 0 Å². The van der Waals surface area contributed by atoms with Crippen LogP contribution in [0.4, 0.5) is 0 Å². The summed E-state index contributed by atoms with van der Waals surface area (Å²) in [7, 11) is 0. The summed E-state index contributed by atoms with van der Waals surface area (Å²) >= 11 is 1.25. The summed E-state index contributed by atoms with van der Waals surface area (Å²) in [6.07, 6.45) is 0.120. The molecule has 0 aromatic carbocycles. The summed E-state index contributed by atoms with van der Waals surface area (Å²) in [5.41, 5.74) is 0. The Balaban J connectivity index is 2.86. The van der Waals surface area contributed by atoms with Gasteiger partial charge in [0.2, 0.25) is 0 Å². The van der Waals surface area contributed by atoms with E-state index in [4.69, 9.17) is 10.4 Å². The highest BCUT2D eigenvalue weighted by Crippen LogP contribution is 2.14. The van der Waals surface area contributed by atoms with Crippen LogP contribution in [-0.2, 0) is 4.79 Å². The van der Waals surface area contributed by atoms with Crippen molar-refractivity contribution in [3.05, 3.63) is 22.4 Å². The van der Waals surface area contributed by atoms with E-state index in [-0.39, 0.29) is 18.9 Å². The van der Waals surface area contributed by atoms with Crippen LogP contribution in [0.15, 0.2) is 17.5 Å². The molecule has 1 amide bonds. The van der Waals surface area contributed by atoms with Crippen molar-refractivity contribution in [2.45, 2.75) is 19.4 Å². The van der Waals surface area contributed by atoms with Gasteiger partial charge in [0.1, 0.15) is 6.04 Å². The standard InChI is InChI=1S/C11H12N2O3S/c1-8(11(15)16)13(6-3-5-12)10(14)9-4-2-7-17-9/h2,4,7-8H,3,6H2,1H3,(H,15,16). The molecule has 5 nitrogen and oxygen atoms in total. The smallest absolute Gasteiger partial charge is 0.326 e. The Morgan fingerprint density at radius 3 is 2.82 bits per heavy atom. The molecule has 0 fully saturated rings. The molecule has 0 spiro atoms. The van der Waals surface area contributed by atoms with Gasteiger partial charge >= 0.3 is 5.97 Å². The fourth-order valence-electron chi connectivity index (χ4n) is 1.32. The zero-order valence-corrected chi connectivity index (χ0v) is 10.1. The van der Waals surface area contributed by atoms with Crippen molar-refractivity contribution in [3.8, 4) is 6.07 Å². The summed E-state index contributed by atoms with van der Waals surface area (Å²) in [6.45, 7) is 1.56. The fraction of sp³-hybridized carbons (Fsp3) is 0.364. The van der Waals surface area contributed by atoms with Gasteiger partial charge < -0.3 is 10.0 Å². The maximum Gasteiger partial charge on any atom is 0.326 e. The molecule has 0 saturated carbocycles. The lowest BCUT2D eigenvalue weighted by atomic mass is 10.2. The zero-order valence-electron chi connectivity index (χ0n) is 9.29. The van der Waals surface area contributed by atoms with Crippen LogP contribution in [0.2, 0.25) is 0 Å². The molecule has 0 bridgehead atoms. The van der Waals surface area contributed by atoms with Gasteiger partial charge in [0.05, 0.1) is 17.4 Å². The number of thiophene rings is 1. The van der Waals surface area contributed by atoms with Gasteiger partial charge in [0, 0.05) is 6.54 Å². The van der Waals surface area contributed by atoms with E-state index in [1.54, 1.807) is 17.5 Å². The van der Waals surface area contributed by atoms with Crippen LogP contribution in [-0.4, -0.2) is 34.5 Å². The molecule has 1 aromatic rings. The van der Waals surface area contributed by atoms with Crippen LogP contribution in [0.1, 0.15) is 23.0 Å². The highest BCUT2D eigenvalue weighted by atomic mass is 32.1. The lowest BCUT2D eigenvalue weighted by molar-refractivity contribution is -0.141. The Morgan fingerprint density at radius 2 is 2.35 bits per heavy atom. The average molecular weight is 252 g/mol. The van der Waals surface area contributed by atoms with E-state index < -0.39 is 12.0 Å². The molecule has 0 saturated heterocycles. The van der Waals surface area contributed by atoms with Crippen LogP contribution in [0.25, 0.3) is 0 Å². The van der Waals surface area contributed by atoms with Gasteiger partial charge in [-0.25, -0.2) is 4.79 Å². The van der Waals surface area contributed by atoms with Gasteiger partial charge in [0.25, 0.3) is 5.91 Å². The predicted octanol–water partition coefficient (Wildman–Crippen LogP) is 1.58. The number of hydrogen-bond donors (Lipinski definition) is 1. The Kier molecular flexibility index (Phi) is 4.67. The largest absolute Gasteiger partial charge is 0.480 e. The molecule has 1 rings (SSSR count). The molecule has 6 heteroatoms. The van der Waals surface area contributed by atoms with E-state index >= 15 is 0 Å². The molecule has 1 N–H and O–H groups in total. The SMILES string of the molecule is CC(C(=O)O)N(CCC#N)C(=O)c1cccs1. The van der Waals surface area contributed by atoms with Crippen molar-refractivity contribution < 1.29 is 14.7 Å². The number of nitrogens with zero attached hydrogens (tertiary/aromatic N) is 2. The molecule has 0 aliphatic heterocycles. The minimum Gasteiger partial charge on any atom is -0.480 e. The monoisotopic (exact) mass is 252 g/mol. The van der Waals surface area contributed by atoms with Crippen LogP contribution in [0, 0.1) is 11.3 Å². The summed E-state index contributed by atoms with van der Waals surface area (Å²) in [6, 6.07) is 4.34. The number of nitriles is 1. The van der Waals surface area contributed by atoms with Crippen LogP contribution in [0.3, 0.4) is 0 Å². The van der Waals surface area contributed by atoms with E-state index in [2.05, 4.69) is 0 Å². The van der Waals surface area contributed by atoms with Gasteiger partial charge in [-0.15, -0.1) is 11.3 Å². The quantitative estimate of drug-likeness (QED) is 0.862. The van der Waals surface area contributed by atoms with Gasteiger partial charge in [-0.2, -0.15) is 5.26 Å². The third-order valence-electron chi connectivity index (χ3n) is 2.28. The minimum atomic E-state index is -1.08. The number of hydrogen-bond acceptors (Lipinski definition) is 4. The molecule has 90 valence electrons. The van der Waals surface area contributed by atoms with Crippen molar-refractivity contribution in [2.24, 2.45) is 0 Å². The number of rotatable bonds is 5. The molecule has 1 atom stereocenters. The van der Waals surface area contributed by atoms with E-state index in [1.165, 1.54) is 23.2 Å². The number of carboxylic acids is 1. The molecule has 17 heavy (non-hydrogen) atoms. The van der Waals surface area contributed by atoms with E-state index in [0.717, 1.165) is 0 Å². The summed E-state index contributed by atoms with van der Waals surface area (Å²) in [5, 5.41) is 19.2. The van der Waals surface area contributed by atoms with Gasteiger partial charge in [-0.05, 0) is 18.4 Å². The van der Waals surface area contributed by atoms with Gasteiger partial charge in [-0.3, -0.25) is 4.79 Å². The van der Waals surface area contributed by atoms with Crippen molar-refractivity contribution in [3.63, 3.8) is 0 Å². The Morgan fingerprint density at radius 1 is 1.65 bits per heavy atom. The van der Waals surface area contributed by atoms with E-state index in [1.807, 2.05) is 6.07 Å². The number of amides is 1. The van der Waals surface area contributed by atoms with Crippen molar-refractivity contribution in [1.29, 1.82) is 5.26 Å². The lowest BCUT2D eigenvalue weighted by Gasteiger charge is -2.24. The Labute approximate surface area is 103 Å². The second-order valence-corrected chi connectivity index (χ2v) is 4.35. The lowest BCUT2D eigenvalue weighted by Crippen LogP contribution is -2.43. The molecule has 0 aliphatic carbocycles. The molecule has 0 radical (unpaired) electrons. The van der Waals surface area contributed by atoms with Gasteiger partial charge in [0.15, 0.2) is 0 Å². The fourth-order valence-corrected chi connectivity index (χ4v) is 2.00. The van der Waals surface area contributed by atoms with Crippen molar-refractivity contribution in [1.82, 2.24) is 4.90 Å². The maximum atomic E-state index is 12.0. The minimum absolute atomic E-state index is 0.120. The first-order chi connectivity index (χ1) is 8.07. The summed E-state index contributed by atoms with van der Waals surface area (Å²) in [5.74, 6) is -1.42. The topological polar surface area (TPSA) is 81.4 Å². The van der Waals surface area contributed by atoms with Crippen molar-refractivity contribution >= 4 is 23.2 Å². The van der Waals surface area contributed by atoms with Crippen molar-refractivity contribution in [2.75, 3.05) is 6.54 Å². The zero-order chi connectivity index (χ0) is 12.8. The maximum absolute atomic E-state index is 12.0. The highest BCUT2D eigenvalue weighted by molar-refractivity contribution is 7.12. The average Bonchev–Trinajstić information content (AvgIpc) is 2.82. The third-order valence-corrected chi connectivity index (χ3v) is 3.14. The summed E-state index contributed by atoms with van der Waals surface area (Å²) in [4.78, 5) is 24.6. The Bertz CT molecular complexity index is 436. The molecular formula is C11H12N2O3S. The van der Waals surface area contributed by atoms with E-state index in [9.17, 15) is 9.59 Å². The molecule has 1 heterocycles. The van der Waals surface area contributed by atoms with Crippen LogP contribution in [0.5, 0.6) is 0 Å². The first-order valence-corrected chi connectivity index (χ1v) is 5.90. The second-order valence-electron chi connectivity index (χ2n) is 3.40. The molecule has 0 aliphatic rings. The summed E-state index contributed by atoms with van der Waals surface area (Å²) < 4.78 is 0. The van der Waals surface area contributed by atoms with Gasteiger partial charge in [-0.1, -0.05) is 6.07 Å². The number of aliphatic carboxylic acids is 1. The number of carbonyl (C=O) groups is 2.